The summed E-state index contributed by atoms with van der Waals surface area (Å²) in [5.74, 6) is 0. The van der Waals surface area contributed by atoms with Gasteiger partial charge in [-0.25, -0.2) is 0 Å². The minimum atomic E-state index is 0.584. The first-order valence-electron chi connectivity index (χ1n) is 4.92. The maximum atomic E-state index is 3.50. The molecule has 0 bridgehead atoms. The molecule has 1 aliphatic heterocycles. The summed E-state index contributed by atoms with van der Waals surface area (Å²) in [7, 11) is 0. The second-order valence-electron chi connectivity index (χ2n) is 4.55. The molecule has 1 rings (SSSR count). The third kappa shape index (κ3) is 3.44. The molecular weight excluding hydrogens is 214 g/mol. The molecule has 0 saturated carbocycles. The van der Waals surface area contributed by atoms with Gasteiger partial charge in [0.1, 0.15) is 0 Å². The van der Waals surface area contributed by atoms with Gasteiger partial charge in [0.15, 0.2) is 0 Å². The van der Waals surface area contributed by atoms with Crippen LogP contribution in [0.5, 0.6) is 0 Å². The molecule has 1 fully saturated rings. The van der Waals surface area contributed by atoms with E-state index in [1.54, 1.807) is 0 Å². The molecule has 0 atom stereocenters. The third-order valence-corrected chi connectivity index (χ3v) is 3.19. The van der Waals surface area contributed by atoms with Crippen LogP contribution in [0.15, 0.2) is 0 Å². The van der Waals surface area contributed by atoms with Crippen molar-refractivity contribution in [1.82, 2.24) is 4.90 Å². The van der Waals surface area contributed by atoms with Gasteiger partial charge in [0, 0.05) is 11.9 Å². The summed E-state index contributed by atoms with van der Waals surface area (Å²) in [6.07, 6.45) is 4.13. The molecule has 0 aromatic heterocycles. The van der Waals surface area contributed by atoms with Gasteiger partial charge in [-0.3, -0.25) is 0 Å². The zero-order valence-corrected chi connectivity index (χ0v) is 9.86. The van der Waals surface area contributed by atoms with Gasteiger partial charge in [-0.15, -0.1) is 0 Å². The lowest BCUT2D eigenvalue weighted by Gasteiger charge is -2.22. The van der Waals surface area contributed by atoms with E-state index in [9.17, 15) is 0 Å². The van der Waals surface area contributed by atoms with Gasteiger partial charge in [0.25, 0.3) is 0 Å². The molecule has 0 N–H and O–H groups in total. The fourth-order valence-corrected chi connectivity index (χ4v) is 2.32. The summed E-state index contributed by atoms with van der Waals surface area (Å²) >= 11 is 3.50. The molecule has 1 nitrogen and oxygen atoms in total. The molecule has 12 heavy (non-hydrogen) atoms. The van der Waals surface area contributed by atoms with Crippen molar-refractivity contribution in [3.05, 3.63) is 0 Å². The van der Waals surface area contributed by atoms with Crippen LogP contribution in [0.2, 0.25) is 0 Å². The monoisotopic (exact) mass is 233 g/mol. The number of rotatable bonds is 2. The summed E-state index contributed by atoms with van der Waals surface area (Å²) in [6, 6.07) is 0. The van der Waals surface area contributed by atoms with Gasteiger partial charge in [0.05, 0.1) is 0 Å². The zero-order chi connectivity index (χ0) is 9.03. The van der Waals surface area contributed by atoms with Crippen LogP contribution in [0.1, 0.15) is 33.1 Å². The van der Waals surface area contributed by atoms with Crippen LogP contribution in [-0.2, 0) is 0 Å². The van der Waals surface area contributed by atoms with E-state index in [2.05, 4.69) is 34.7 Å². The van der Waals surface area contributed by atoms with Crippen LogP contribution < -0.4 is 0 Å². The lowest BCUT2D eigenvalue weighted by molar-refractivity contribution is 0.274. The number of alkyl halides is 1. The van der Waals surface area contributed by atoms with E-state index in [0.717, 1.165) is 5.33 Å². The summed E-state index contributed by atoms with van der Waals surface area (Å²) in [5, 5.41) is 1.12. The van der Waals surface area contributed by atoms with Gasteiger partial charge in [-0.1, -0.05) is 29.8 Å². The Morgan fingerprint density at radius 3 is 2.67 bits per heavy atom. The van der Waals surface area contributed by atoms with Crippen LogP contribution >= 0.6 is 15.9 Å². The molecular formula is C10H20BrN. The third-order valence-electron chi connectivity index (χ3n) is 2.83. The smallest absolute Gasteiger partial charge is 0.0159 e. The topological polar surface area (TPSA) is 3.24 Å². The number of halogens is 1. The molecule has 0 aromatic rings. The van der Waals surface area contributed by atoms with E-state index >= 15 is 0 Å². The van der Waals surface area contributed by atoms with Gasteiger partial charge >= 0.3 is 0 Å². The van der Waals surface area contributed by atoms with Crippen LogP contribution in [0.4, 0.5) is 0 Å². The zero-order valence-electron chi connectivity index (χ0n) is 8.27. The molecule has 0 radical (unpaired) electrons. The van der Waals surface area contributed by atoms with Gasteiger partial charge in [0.2, 0.25) is 0 Å². The predicted octanol–water partition coefficient (Wildman–Crippen LogP) is 2.89. The van der Waals surface area contributed by atoms with E-state index in [0.29, 0.717) is 5.41 Å². The maximum absolute atomic E-state index is 3.50. The quantitative estimate of drug-likeness (QED) is 0.664. The Kier molecular flexibility index (Phi) is 4.04. The molecule has 2 heteroatoms. The summed E-state index contributed by atoms with van der Waals surface area (Å²) in [5.41, 5.74) is 0.584. The molecule has 0 aromatic carbocycles. The Morgan fingerprint density at radius 2 is 2.00 bits per heavy atom. The van der Waals surface area contributed by atoms with Gasteiger partial charge in [-0.2, -0.15) is 0 Å². The largest absolute Gasteiger partial charge is 0.302 e. The van der Waals surface area contributed by atoms with Crippen molar-refractivity contribution in [1.29, 1.82) is 0 Å². The molecule has 0 spiro atoms. The second kappa shape index (κ2) is 4.61. The van der Waals surface area contributed by atoms with Gasteiger partial charge in [-0.05, 0) is 37.8 Å². The molecule has 1 saturated heterocycles. The number of hydrogen-bond acceptors (Lipinski definition) is 1. The van der Waals surface area contributed by atoms with Crippen LogP contribution in [0, 0.1) is 5.41 Å². The first kappa shape index (κ1) is 10.5. The van der Waals surface area contributed by atoms with E-state index in [4.69, 9.17) is 0 Å². The van der Waals surface area contributed by atoms with E-state index in [1.807, 2.05) is 0 Å². The SMILES string of the molecule is CC1(C)CCCN(CCBr)CC1. The predicted molar refractivity (Wildman–Crippen MR) is 57.9 cm³/mol. The number of hydrogen-bond donors (Lipinski definition) is 0. The average Bonchev–Trinajstić information content (AvgIpc) is 2.14. The molecule has 0 aliphatic carbocycles. The standard InChI is InChI=1S/C10H20BrN/c1-10(2)4-3-7-12(8-5-10)9-6-11/h3-9H2,1-2H3. The van der Waals surface area contributed by atoms with Crippen molar-refractivity contribution >= 4 is 15.9 Å². The van der Waals surface area contributed by atoms with Crippen molar-refractivity contribution in [3.63, 3.8) is 0 Å². The maximum Gasteiger partial charge on any atom is 0.0159 e. The second-order valence-corrected chi connectivity index (χ2v) is 5.34. The Bertz CT molecular complexity index is 134. The summed E-state index contributed by atoms with van der Waals surface area (Å²) in [6.45, 7) is 8.60. The van der Waals surface area contributed by atoms with E-state index in [-0.39, 0.29) is 0 Å². The lowest BCUT2D eigenvalue weighted by Crippen LogP contribution is -2.27. The van der Waals surface area contributed by atoms with Crippen LogP contribution in [0.25, 0.3) is 0 Å². The fourth-order valence-electron chi connectivity index (χ4n) is 1.82. The first-order chi connectivity index (χ1) is 5.64. The highest BCUT2D eigenvalue weighted by molar-refractivity contribution is 9.09. The molecule has 1 aliphatic rings. The van der Waals surface area contributed by atoms with Crippen LogP contribution in [-0.4, -0.2) is 29.9 Å². The van der Waals surface area contributed by atoms with Gasteiger partial charge < -0.3 is 4.90 Å². The van der Waals surface area contributed by atoms with Crippen molar-refractivity contribution in [3.8, 4) is 0 Å². The molecule has 1 heterocycles. The van der Waals surface area contributed by atoms with Crippen LogP contribution in [0.3, 0.4) is 0 Å². The number of nitrogens with zero attached hydrogens (tertiary/aromatic N) is 1. The highest BCUT2D eigenvalue weighted by Gasteiger charge is 2.22. The Morgan fingerprint density at radius 1 is 1.25 bits per heavy atom. The normalized spacial score (nSPS) is 25.2. The molecule has 72 valence electrons. The molecule has 0 amide bonds. The highest BCUT2D eigenvalue weighted by Crippen LogP contribution is 2.29. The fraction of sp³-hybridized carbons (Fsp3) is 1.00. The van der Waals surface area contributed by atoms with Crippen molar-refractivity contribution in [2.75, 3.05) is 25.0 Å². The first-order valence-corrected chi connectivity index (χ1v) is 6.04. The summed E-state index contributed by atoms with van der Waals surface area (Å²) < 4.78 is 0. The van der Waals surface area contributed by atoms with Crippen molar-refractivity contribution in [2.24, 2.45) is 5.41 Å². The van der Waals surface area contributed by atoms with E-state index < -0.39 is 0 Å². The summed E-state index contributed by atoms with van der Waals surface area (Å²) in [4.78, 5) is 2.57. The van der Waals surface area contributed by atoms with Crippen molar-refractivity contribution < 1.29 is 0 Å². The Balaban J connectivity index is 2.34. The minimum Gasteiger partial charge on any atom is -0.302 e. The average molecular weight is 234 g/mol. The Labute approximate surface area is 84.6 Å². The van der Waals surface area contributed by atoms with E-state index in [1.165, 1.54) is 38.9 Å². The number of likely N-dealkylation sites (tertiary alicyclic amines) is 1. The Hall–Kier alpha value is 0.440. The highest BCUT2D eigenvalue weighted by atomic mass is 79.9. The lowest BCUT2D eigenvalue weighted by atomic mass is 9.85. The molecule has 0 unspecified atom stereocenters. The minimum absolute atomic E-state index is 0.584. The van der Waals surface area contributed by atoms with Crippen molar-refractivity contribution in [2.45, 2.75) is 33.1 Å².